The minimum atomic E-state index is -3.10. The van der Waals surface area contributed by atoms with E-state index in [1.165, 1.54) is 32.4 Å². The molecule has 144 valence electrons. The first kappa shape index (κ1) is 23.9. The Morgan fingerprint density at radius 2 is 1.75 bits per heavy atom. The molecule has 0 atom stereocenters. The van der Waals surface area contributed by atoms with E-state index in [1.807, 2.05) is 6.92 Å². The number of hydrogen-bond donors (Lipinski definition) is 2. The summed E-state index contributed by atoms with van der Waals surface area (Å²) in [6.07, 6.45) is 3.91. The highest BCUT2D eigenvalue weighted by Crippen LogP contribution is 2.15. The molecule has 1 rings (SSSR count). The summed E-state index contributed by atoms with van der Waals surface area (Å²) in [4.78, 5) is 6.99. The Hall–Kier alpha value is -0.0900. The van der Waals surface area contributed by atoms with Crippen LogP contribution in [0.15, 0.2) is 4.99 Å². The maximum Gasteiger partial charge on any atom is 0.191 e. The normalized spacial score (nSPS) is 17.2. The van der Waals surface area contributed by atoms with Gasteiger partial charge in [-0.1, -0.05) is 6.42 Å². The van der Waals surface area contributed by atoms with Crippen LogP contribution in [0.5, 0.6) is 0 Å². The highest BCUT2D eigenvalue weighted by Gasteiger charge is 2.28. The van der Waals surface area contributed by atoms with Gasteiger partial charge in [0.05, 0.1) is 17.0 Å². The van der Waals surface area contributed by atoms with Crippen LogP contribution in [0.3, 0.4) is 0 Å². The Balaban J connectivity index is 0.00000529. The van der Waals surface area contributed by atoms with Crippen LogP contribution in [0.2, 0.25) is 0 Å². The lowest BCUT2D eigenvalue weighted by molar-refractivity contribution is 0.235. The van der Waals surface area contributed by atoms with E-state index in [-0.39, 0.29) is 29.7 Å². The minimum Gasteiger partial charge on any atom is -0.357 e. The molecule has 2 N–H and O–H groups in total. The zero-order chi connectivity index (χ0) is 17.3. The molecule has 0 aromatic carbocycles. The minimum absolute atomic E-state index is 0. The maximum absolute atomic E-state index is 12.1. The van der Waals surface area contributed by atoms with Gasteiger partial charge in [-0.2, -0.15) is 0 Å². The molecule has 0 bridgehead atoms. The Morgan fingerprint density at radius 3 is 2.29 bits per heavy atom. The summed E-state index contributed by atoms with van der Waals surface area (Å²) in [5, 5.41) is 6.30. The third-order valence-corrected chi connectivity index (χ3v) is 6.68. The van der Waals surface area contributed by atoms with Gasteiger partial charge < -0.3 is 15.5 Å². The summed E-state index contributed by atoms with van der Waals surface area (Å²) in [5.41, 5.74) is 0. The number of hydrogen-bond acceptors (Lipinski definition) is 4. The Kier molecular flexibility index (Phi) is 11.5. The number of guanidine groups is 1. The molecule has 1 aliphatic heterocycles. The van der Waals surface area contributed by atoms with Gasteiger partial charge in [-0.15, -0.1) is 24.0 Å². The lowest BCUT2D eigenvalue weighted by Gasteiger charge is -2.25. The second kappa shape index (κ2) is 11.5. The molecule has 0 aromatic rings. The molecule has 24 heavy (non-hydrogen) atoms. The fourth-order valence-corrected chi connectivity index (χ4v) is 3.42. The van der Waals surface area contributed by atoms with Crippen LogP contribution in [0, 0.1) is 0 Å². The van der Waals surface area contributed by atoms with Gasteiger partial charge in [0.15, 0.2) is 15.8 Å². The zero-order valence-corrected chi connectivity index (χ0v) is 18.7. The summed E-state index contributed by atoms with van der Waals surface area (Å²) in [6, 6.07) is 0. The first-order valence-corrected chi connectivity index (χ1v) is 10.4. The molecule has 0 saturated carbocycles. The highest BCUT2D eigenvalue weighted by atomic mass is 127. The lowest BCUT2D eigenvalue weighted by Crippen LogP contribution is -2.42. The average Bonchev–Trinajstić information content (AvgIpc) is 2.47. The molecule has 0 aliphatic carbocycles. The Morgan fingerprint density at radius 1 is 1.12 bits per heavy atom. The number of rotatable bonds is 7. The van der Waals surface area contributed by atoms with Crippen LogP contribution in [-0.4, -0.2) is 69.0 Å². The number of halogens is 1. The van der Waals surface area contributed by atoms with Crippen LogP contribution in [0.4, 0.5) is 0 Å². The third-order valence-electron chi connectivity index (χ3n) is 4.08. The summed E-state index contributed by atoms with van der Waals surface area (Å²) in [7, 11) is -3.10. The molecule has 1 fully saturated rings. The maximum atomic E-state index is 12.1. The first-order valence-electron chi connectivity index (χ1n) is 8.73. The van der Waals surface area contributed by atoms with Crippen molar-refractivity contribution in [1.29, 1.82) is 0 Å². The zero-order valence-electron chi connectivity index (χ0n) is 15.6. The SMILES string of the molecule is CCNC(=NCCN1CCCCC1)NCCS(=O)(=O)C(C)(C)C.I. The van der Waals surface area contributed by atoms with Crippen molar-refractivity contribution in [1.82, 2.24) is 15.5 Å². The number of nitrogens with zero attached hydrogens (tertiary/aromatic N) is 2. The molecular weight excluding hydrogens is 439 g/mol. The monoisotopic (exact) mass is 474 g/mol. The summed E-state index contributed by atoms with van der Waals surface area (Å²) in [6.45, 7) is 12.4. The van der Waals surface area contributed by atoms with E-state index >= 15 is 0 Å². The van der Waals surface area contributed by atoms with Crippen molar-refractivity contribution in [3.8, 4) is 0 Å². The van der Waals surface area contributed by atoms with E-state index in [2.05, 4.69) is 20.5 Å². The van der Waals surface area contributed by atoms with Crippen LogP contribution in [0.25, 0.3) is 0 Å². The Bertz CT molecular complexity index is 469. The second-order valence-corrected chi connectivity index (χ2v) is 9.88. The molecule has 0 radical (unpaired) electrons. The van der Waals surface area contributed by atoms with Crippen molar-refractivity contribution < 1.29 is 8.42 Å². The van der Waals surface area contributed by atoms with Gasteiger partial charge in [-0.3, -0.25) is 4.99 Å². The molecule has 0 spiro atoms. The van der Waals surface area contributed by atoms with E-state index in [0.717, 1.165) is 19.6 Å². The fraction of sp³-hybridized carbons (Fsp3) is 0.938. The molecule has 6 nitrogen and oxygen atoms in total. The van der Waals surface area contributed by atoms with E-state index < -0.39 is 14.6 Å². The van der Waals surface area contributed by atoms with Gasteiger partial charge in [0.2, 0.25) is 0 Å². The number of piperidine rings is 1. The number of likely N-dealkylation sites (tertiary alicyclic amines) is 1. The predicted molar refractivity (Wildman–Crippen MR) is 113 cm³/mol. The quantitative estimate of drug-likeness (QED) is 0.335. The van der Waals surface area contributed by atoms with Gasteiger partial charge in [-0.05, 0) is 53.6 Å². The molecule has 0 unspecified atom stereocenters. The van der Waals surface area contributed by atoms with E-state index in [0.29, 0.717) is 12.5 Å². The van der Waals surface area contributed by atoms with Crippen molar-refractivity contribution in [2.24, 2.45) is 4.99 Å². The summed E-state index contributed by atoms with van der Waals surface area (Å²) >= 11 is 0. The number of nitrogens with one attached hydrogen (secondary N) is 2. The highest BCUT2D eigenvalue weighted by molar-refractivity contribution is 14.0. The molecule has 1 heterocycles. The van der Waals surface area contributed by atoms with Gasteiger partial charge in [0, 0.05) is 19.6 Å². The molecule has 8 heteroatoms. The Labute approximate surface area is 165 Å². The molecule has 0 amide bonds. The van der Waals surface area contributed by atoms with E-state index in [9.17, 15) is 8.42 Å². The fourth-order valence-electron chi connectivity index (χ4n) is 2.44. The second-order valence-electron chi connectivity index (χ2n) is 7.02. The molecule has 1 aliphatic rings. The topological polar surface area (TPSA) is 73.8 Å². The van der Waals surface area contributed by atoms with Gasteiger partial charge >= 0.3 is 0 Å². The van der Waals surface area contributed by atoms with Crippen LogP contribution >= 0.6 is 24.0 Å². The van der Waals surface area contributed by atoms with Crippen molar-refractivity contribution >= 4 is 39.8 Å². The largest absolute Gasteiger partial charge is 0.357 e. The van der Waals surface area contributed by atoms with Crippen molar-refractivity contribution in [2.75, 3.05) is 45.0 Å². The smallest absolute Gasteiger partial charge is 0.191 e. The van der Waals surface area contributed by atoms with Gasteiger partial charge in [0.25, 0.3) is 0 Å². The third kappa shape index (κ3) is 8.84. The lowest BCUT2D eigenvalue weighted by atomic mass is 10.1. The molecule has 1 saturated heterocycles. The molecular formula is C16H35IN4O2S. The van der Waals surface area contributed by atoms with Gasteiger partial charge in [-0.25, -0.2) is 8.42 Å². The summed E-state index contributed by atoms with van der Waals surface area (Å²) < 4.78 is 23.5. The van der Waals surface area contributed by atoms with Gasteiger partial charge in [0.1, 0.15) is 0 Å². The van der Waals surface area contributed by atoms with Crippen LogP contribution < -0.4 is 10.6 Å². The van der Waals surface area contributed by atoms with Crippen molar-refractivity contribution in [2.45, 2.75) is 51.7 Å². The van der Waals surface area contributed by atoms with Crippen molar-refractivity contribution in [3.05, 3.63) is 0 Å². The molecule has 0 aromatic heterocycles. The summed E-state index contributed by atoms with van der Waals surface area (Å²) in [5.74, 6) is 0.821. The van der Waals surface area contributed by atoms with Crippen LogP contribution in [-0.2, 0) is 9.84 Å². The number of aliphatic imine (C=N–C) groups is 1. The number of sulfone groups is 1. The standard InChI is InChI=1S/C16H34N4O2S.HI/c1-5-17-15(18-9-13-20-11-7-6-8-12-20)19-10-14-23(21,22)16(2,3)4;/h5-14H2,1-4H3,(H2,17,18,19);1H. The average molecular weight is 474 g/mol. The van der Waals surface area contributed by atoms with E-state index in [1.54, 1.807) is 20.8 Å². The first-order chi connectivity index (χ1) is 10.8. The van der Waals surface area contributed by atoms with Crippen LogP contribution in [0.1, 0.15) is 47.0 Å². The predicted octanol–water partition coefficient (Wildman–Crippen LogP) is 1.86. The van der Waals surface area contributed by atoms with Crippen molar-refractivity contribution in [3.63, 3.8) is 0 Å². The van der Waals surface area contributed by atoms with E-state index in [4.69, 9.17) is 0 Å².